The first-order chi connectivity index (χ1) is 30.2. The number of hydrogen-bond donors (Lipinski definition) is 7. The summed E-state index contributed by atoms with van der Waals surface area (Å²) in [5.74, 6) is -9.53. The van der Waals surface area contributed by atoms with E-state index in [1.165, 1.54) is 60.3 Å². The maximum absolute atomic E-state index is 14.6. The van der Waals surface area contributed by atoms with E-state index in [0.717, 1.165) is 5.56 Å². The standard InChI is InChI=1S/C48H60N2O14/c1-23-15-14-16-24(2)46(58)50-37-31(22-49-32(47(59)61-10)21-30-17-12-11-13-18-30)41(55)34-35(42(37)56)40(54)28(6)44-36(34)45(57)48(8,64-44)62-20-19-33(60-9)25(3)43(63-29(7)51)27(5)39(53)26(4)38(23)52/h11-20,23,25-27,32-33,38-39,43,49,52-56H,21-22H2,1-10H3,(H,50,58)/b15-14+,20-19+,24-16-/t23-,25+,26+,27+,32-,33-,38-,39+,43+,48-/m0/s1. The molecule has 0 saturated carbocycles. The number of ketones is 1. The zero-order valence-corrected chi connectivity index (χ0v) is 37.8. The van der Waals surface area contributed by atoms with E-state index in [1.807, 2.05) is 18.2 Å². The average molecular weight is 889 g/mol. The number of aromatic hydroxyl groups is 3. The Bertz CT molecular complexity index is 2340. The van der Waals surface area contributed by atoms with Gasteiger partial charge in [-0.3, -0.25) is 24.5 Å². The molecule has 0 aliphatic carbocycles. The molecule has 0 unspecified atom stereocenters. The Morgan fingerprint density at radius 1 is 0.906 bits per heavy atom. The van der Waals surface area contributed by atoms with E-state index in [0.29, 0.717) is 0 Å². The van der Waals surface area contributed by atoms with Crippen molar-refractivity contribution in [3.05, 3.63) is 88.7 Å². The molecule has 0 aromatic heterocycles. The van der Waals surface area contributed by atoms with Gasteiger partial charge in [-0.05, 0) is 31.9 Å². The maximum atomic E-state index is 14.6. The Balaban J connectivity index is 1.71. The molecule has 0 spiro atoms. The maximum Gasteiger partial charge on any atom is 0.323 e. The minimum absolute atomic E-state index is 0.0102. The van der Waals surface area contributed by atoms with Crippen LogP contribution in [0, 0.1) is 30.6 Å². The number of fused-ring (bicyclic) bond motifs is 14. The second-order valence-corrected chi connectivity index (χ2v) is 16.8. The van der Waals surface area contributed by atoms with E-state index in [2.05, 4.69) is 10.6 Å². The van der Waals surface area contributed by atoms with Gasteiger partial charge in [-0.25, -0.2) is 0 Å². The van der Waals surface area contributed by atoms with Crippen LogP contribution in [-0.4, -0.2) is 99.6 Å². The van der Waals surface area contributed by atoms with Gasteiger partial charge in [-0.1, -0.05) is 76.3 Å². The lowest BCUT2D eigenvalue weighted by atomic mass is 9.78. The van der Waals surface area contributed by atoms with Crippen molar-refractivity contribution >= 4 is 40.1 Å². The van der Waals surface area contributed by atoms with E-state index in [9.17, 15) is 44.7 Å². The number of nitrogens with one attached hydrogen (secondary N) is 2. The van der Waals surface area contributed by atoms with E-state index < -0.39 is 101 Å². The van der Waals surface area contributed by atoms with Gasteiger partial charge in [0.2, 0.25) is 0 Å². The smallest absolute Gasteiger partial charge is 0.323 e. The number of carbonyl (C=O) groups is 4. The third-order valence-corrected chi connectivity index (χ3v) is 12.4. The number of carbonyl (C=O) groups excluding carboxylic acids is 4. The van der Waals surface area contributed by atoms with Gasteiger partial charge in [0, 0.05) is 73.3 Å². The number of phenolic OH excluding ortho intramolecular Hbond substituents is 3. The first kappa shape index (κ1) is 49.1. The van der Waals surface area contributed by atoms with Crippen LogP contribution in [0.3, 0.4) is 0 Å². The predicted octanol–water partition coefficient (Wildman–Crippen LogP) is 5.63. The summed E-state index contributed by atoms with van der Waals surface area (Å²) >= 11 is 0. The highest BCUT2D eigenvalue weighted by Gasteiger charge is 2.50. The number of phenols is 3. The van der Waals surface area contributed by atoms with Gasteiger partial charge < -0.3 is 54.5 Å². The first-order valence-corrected chi connectivity index (χ1v) is 21.1. The van der Waals surface area contributed by atoms with Crippen molar-refractivity contribution in [1.29, 1.82) is 0 Å². The second kappa shape index (κ2) is 20.3. The number of aliphatic hydroxyl groups is 2. The fourth-order valence-electron chi connectivity index (χ4n) is 8.41. The van der Waals surface area contributed by atoms with Crippen LogP contribution in [0.5, 0.6) is 23.0 Å². The lowest BCUT2D eigenvalue weighted by molar-refractivity contribution is -0.160. The van der Waals surface area contributed by atoms with Gasteiger partial charge >= 0.3 is 17.7 Å². The summed E-state index contributed by atoms with van der Waals surface area (Å²) < 4.78 is 28.7. The van der Waals surface area contributed by atoms with Crippen LogP contribution >= 0.6 is 0 Å². The van der Waals surface area contributed by atoms with Crippen LogP contribution in [0.25, 0.3) is 10.8 Å². The van der Waals surface area contributed by atoms with Crippen molar-refractivity contribution < 1.29 is 68.4 Å². The number of allylic oxidation sites excluding steroid dienone is 2. The summed E-state index contributed by atoms with van der Waals surface area (Å²) in [6, 6.07) is 8.08. The topological polar surface area (TPSA) is 240 Å². The molecule has 6 rings (SSSR count). The van der Waals surface area contributed by atoms with Crippen LogP contribution in [0.2, 0.25) is 0 Å². The molecular weight excluding hydrogens is 829 g/mol. The molecule has 1 amide bonds. The van der Waals surface area contributed by atoms with E-state index in [-0.39, 0.29) is 57.4 Å². The van der Waals surface area contributed by atoms with Gasteiger partial charge in [0.05, 0.1) is 48.3 Å². The normalized spacial score (nSPS) is 28.9. The van der Waals surface area contributed by atoms with E-state index in [4.69, 9.17) is 23.7 Å². The number of benzene rings is 3. The lowest BCUT2D eigenvalue weighted by Gasteiger charge is -2.38. The number of ether oxygens (including phenoxy) is 5. The number of hydrogen-bond acceptors (Lipinski definition) is 15. The summed E-state index contributed by atoms with van der Waals surface area (Å²) in [6.07, 6.45) is 3.47. The first-order valence-electron chi connectivity index (χ1n) is 21.1. The van der Waals surface area contributed by atoms with Crippen LogP contribution in [0.15, 0.2) is 66.5 Å². The minimum Gasteiger partial charge on any atom is -0.507 e. The molecule has 3 aromatic rings. The Morgan fingerprint density at radius 2 is 1.58 bits per heavy atom. The van der Waals surface area contributed by atoms with Crippen LogP contribution < -0.4 is 15.4 Å². The van der Waals surface area contributed by atoms with Gasteiger partial charge in [-0.15, -0.1) is 0 Å². The summed E-state index contributed by atoms with van der Waals surface area (Å²) in [4.78, 5) is 53.9. The van der Waals surface area contributed by atoms with Gasteiger partial charge in [-0.2, -0.15) is 0 Å². The van der Waals surface area contributed by atoms with Crippen molar-refractivity contribution in [3.8, 4) is 23.0 Å². The van der Waals surface area contributed by atoms with Gasteiger partial charge in [0.25, 0.3) is 11.7 Å². The molecule has 3 aliphatic heterocycles. The Kier molecular flexibility index (Phi) is 15.5. The Morgan fingerprint density at radius 3 is 2.20 bits per heavy atom. The van der Waals surface area contributed by atoms with E-state index >= 15 is 0 Å². The molecule has 3 heterocycles. The highest BCUT2D eigenvalue weighted by Crippen LogP contribution is 2.55. The Hall–Kier alpha value is -5.94. The molecule has 346 valence electrons. The van der Waals surface area contributed by atoms with Gasteiger partial charge in [0.1, 0.15) is 29.4 Å². The third-order valence-electron chi connectivity index (χ3n) is 12.4. The summed E-state index contributed by atoms with van der Waals surface area (Å²) in [5, 5.41) is 64.0. The lowest BCUT2D eigenvalue weighted by Crippen LogP contribution is -2.46. The van der Waals surface area contributed by atoms with Crippen molar-refractivity contribution in [2.24, 2.45) is 23.7 Å². The molecule has 16 heteroatoms. The fourth-order valence-corrected chi connectivity index (χ4v) is 8.41. The third kappa shape index (κ3) is 9.89. The largest absolute Gasteiger partial charge is 0.507 e. The zero-order chi connectivity index (χ0) is 47.4. The fraction of sp³-hybridized carbons (Fsp3) is 0.458. The molecule has 0 fully saturated rings. The number of Topliss-reactive ketones (excluding diaryl/α,β-unsaturated/α-hetero) is 1. The highest BCUT2D eigenvalue weighted by atomic mass is 16.7. The average Bonchev–Trinajstić information content (AvgIpc) is 3.53. The van der Waals surface area contributed by atoms with Crippen LogP contribution in [0.1, 0.15) is 75.5 Å². The van der Waals surface area contributed by atoms with Crippen molar-refractivity contribution in [2.75, 3.05) is 19.5 Å². The van der Waals surface area contributed by atoms with Gasteiger partial charge in [0.15, 0.2) is 5.75 Å². The molecule has 3 aromatic carbocycles. The van der Waals surface area contributed by atoms with Crippen LogP contribution in [0.4, 0.5) is 5.69 Å². The van der Waals surface area contributed by atoms with E-state index in [1.54, 1.807) is 52.0 Å². The molecule has 3 aliphatic rings. The highest BCUT2D eigenvalue weighted by molar-refractivity contribution is 6.22. The van der Waals surface area contributed by atoms with Crippen molar-refractivity contribution in [1.82, 2.24) is 5.32 Å². The summed E-state index contributed by atoms with van der Waals surface area (Å²) in [6.45, 7) is 12.0. The monoisotopic (exact) mass is 888 g/mol. The number of methoxy groups -OCH3 is 2. The van der Waals surface area contributed by atoms with Crippen LogP contribution in [-0.2, 0) is 46.3 Å². The molecule has 16 nitrogen and oxygen atoms in total. The summed E-state index contributed by atoms with van der Waals surface area (Å²) in [5.41, 5.74) is 0.195. The molecule has 0 saturated heterocycles. The molecule has 0 radical (unpaired) electrons. The summed E-state index contributed by atoms with van der Waals surface area (Å²) in [7, 11) is 2.64. The number of amides is 1. The Labute approximate surface area is 372 Å². The van der Waals surface area contributed by atoms with Crippen molar-refractivity contribution in [2.45, 2.75) is 105 Å². The SMILES string of the molecule is COC(=O)[C@H](Cc1ccccc1)NCc1c2c(O)c3c(O)c(C)c4c(c3c1O)C(=O)[C@@](C)(O/C=C/[C@H](OC)[C@@H](C)[C@@H](OC(C)=O)[C@H](C)[C@H](O)[C@H](C)[C@@H](O)[C@@H](C)/C=C/C=C(/C)C(=O)N2)O4. The number of aliphatic hydroxyl groups excluding tert-OH is 2. The molecule has 64 heavy (non-hydrogen) atoms. The minimum atomic E-state index is -2.10. The number of rotatable bonds is 8. The quantitative estimate of drug-likeness (QED) is 0.0825. The zero-order valence-electron chi connectivity index (χ0n) is 37.8. The molecule has 5 bridgehead atoms. The number of anilines is 1. The molecule has 10 atom stereocenters. The molecule has 7 N–H and O–H groups in total. The predicted molar refractivity (Wildman–Crippen MR) is 237 cm³/mol. The van der Waals surface area contributed by atoms with Crippen molar-refractivity contribution in [3.63, 3.8) is 0 Å². The molecular formula is C48H60N2O14. The number of esters is 2. The second-order valence-electron chi connectivity index (χ2n) is 16.8.